The van der Waals surface area contributed by atoms with Gasteiger partial charge in [0.25, 0.3) is 0 Å². The van der Waals surface area contributed by atoms with E-state index in [-0.39, 0.29) is 17.0 Å². The normalized spacial score (nSPS) is 26.4. The van der Waals surface area contributed by atoms with Crippen LogP contribution < -0.4 is 4.74 Å². The number of halogens is 5. The lowest BCUT2D eigenvalue weighted by atomic mass is 9.63. The van der Waals surface area contributed by atoms with Gasteiger partial charge in [0.1, 0.15) is 17.4 Å². The van der Waals surface area contributed by atoms with Crippen LogP contribution in [0, 0.1) is 29.4 Å². The van der Waals surface area contributed by atoms with E-state index in [2.05, 4.69) is 11.7 Å². The third kappa shape index (κ3) is 5.04. The summed E-state index contributed by atoms with van der Waals surface area (Å²) >= 11 is 0. The van der Waals surface area contributed by atoms with Crippen molar-refractivity contribution >= 4 is 0 Å². The average molecular weight is 438 g/mol. The van der Waals surface area contributed by atoms with Crippen molar-refractivity contribution in [3.05, 3.63) is 53.6 Å². The van der Waals surface area contributed by atoms with Crippen LogP contribution in [0.25, 0.3) is 11.1 Å². The fraction of sp³-hybridized carbons (Fsp3) is 0.520. The lowest BCUT2D eigenvalue weighted by Crippen LogP contribution is -2.30. The Bertz CT molecular complexity index is 882. The fourth-order valence-electron chi connectivity index (χ4n) is 5.59. The predicted molar refractivity (Wildman–Crippen MR) is 110 cm³/mol. The molecule has 0 heterocycles. The molecule has 4 atom stereocenters. The van der Waals surface area contributed by atoms with Crippen LogP contribution in [0.5, 0.6) is 5.75 Å². The van der Waals surface area contributed by atoms with Gasteiger partial charge >= 0.3 is 6.36 Å². The summed E-state index contributed by atoms with van der Waals surface area (Å²) in [4.78, 5) is 0. The molecular formula is C25H27F5O. The molecule has 1 nitrogen and oxygen atoms in total. The second kappa shape index (κ2) is 8.79. The van der Waals surface area contributed by atoms with Crippen LogP contribution in [-0.2, 0) is 0 Å². The molecule has 0 bridgehead atoms. The van der Waals surface area contributed by atoms with Crippen molar-refractivity contribution in [2.45, 2.75) is 64.1 Å². The van der Waals surface area contributed by atoms with E-state index in [1.807, 2.05) is 0 Å². The maximum Gasteiger partial charge on any atom is 0.573 e. The first-order valence-electron chi connectivity index (χ1n) is 11.1. The van der Waals surface area contributed by atoms with E-state index in [9.17, 15) is 22.0 Å². The molecule has 2 fully saturated rings. The number of hydrogen-bond acceptors (Lipinski definition) is 1. The lowest BCUT2D eigenvalue weighted by Gasteiger charge is -2.42. The number of hydrogen-bond donors (Lipinski definition) is 0. The summed E-state index contributed by atoms with van der Waals surface area (Å²) in [5, 5.41) is 0. The highest BCUT2D eigenvalue weighted by atomic mass is 19.4. The standard InChI is InChI=1S/C25H27F5O/c1-2-15-3-4-18-12-19(6-5-17(18)11-15)20-13-22(26)24(23(27)14-20)16-7-9-21(10-8-16)31-25(28,29)30/h7-10,13-15,17-19H,2-6,11-12H2,1H3/t15?,17-,18-,19-/m1/s1. The Hall–Kier alpha value is -2.11. The van der Waals surface area contributed by atoms with Gasteiger partial charge in [0, 0.05) is 0 Å². The molecule has 2 aromatic rings. The minimum atomic E-state index is -4.81. The maximum absolute atomic E-state index is 14.9. The van der Waals surface area contributed by atoms with E-state index < -0.39 is 23.7 Å². The Morgan fingerprint density at radius 1 is 0.871 bits per heavy atom. The van der Waals surface area contributed by atoms with E-state index in [1.54, 1.807) is 0 Å². The zero-order chi connectivity index (χ0) is 22.2. The van der Waals surface area contributed by atoms with Crippen LogP contribution >= 0.6 is 0 Å². The van der Waals surface area contributed by atoms with Crippen LogP contribution in [0.1, 0.15) is 63.4 Å². The second-order valence-corrected chi connectivity index (χ2v) is 9.05. The summed E-state index contributed by atoms with van der Waals surface area (Å²) in [7, 11) is 0. The minimum absolute atomic E-state index is 0.153. The molecule has 1 unspecified atom stereocenters. The first-order chi connectivity index (χ1) is 14.7. The van der Waals surface area contributed by atoms with Crippen molar-refractivity contribution in [3.63, 3.8) is 0 Å². The van der Waals surface area contributed by atoms with Crippen LogP contribution in [0.2, 0.25) is 0 Å². The SMILES string of the molecule is CCC1CC[C@@H]2C[C@H](c3cc(F)c(-c4ccc(OC(F)(F)F)cc4)c(F)c3)CC[C@@H]2C1. The van der Waals surface area contributed by atoms with Crippen LogP contribution in [0.15, 0.2) is 36.4 Å². The molecule has 168 valence electrons. The van der Waals surface area contributed by atoms with Crippen molar-refractivity contribution in [1.82, 2.24) is 0 Å². The van der Waals surface area contributed by atoms with Crippen LogP contribution in [0.4, 0.5) is 22.0 Å². The zero-order valence-corrected chi connectivity index (χ0v) is 17.5. The predicted octanol–water partition coefficient (Wildman–Crippen LogP) is 8.24. The summed E-state index contributed by atoms with van der Waals surface area (Å²) in [6.45, 7) is 2.25. The van der Waals surface area contributed by atoms with Gasteiger partial charge in [-0.05, 0) is 91.2 Å². The summed E-state index contributed by atoms with van der Waals surface area (Å²) < 4.78 is 70.6. The van der Waals surface area contributed by atoms with Crippen molar-refractivity contribution in [1.29, 1.82) is 0 Å². The van der Waals surface area contributed by atoms with E-state index in [1.165, 1.54) is 49.9 Å². The second-order valence-electron chi connectivity index (χ2n) is 9.05. The molecule has 4 rings (SSSR count). The molecular weight excluding hydrogens is 411 g/mol. The van der Waals surface area contributed by atoms with Gasteiger partial charge in [-0.25, -0.2) is 8.78 Å². The summed E-state index contributed by atoms with van der Waals surface area (Å²) in [5.74, 6) is 0.547. The maximum atomic E-state index is 14.9. The average Bonchev–Trinajstić information content (AvgIpc) is 2.72. The van der Waals surface area contributed by atoms with Crippen molar-refractivity contribution < 1.29 is 26.7 Å². The molecule has 0 spiro atoms. The summed E-state index contributed by atoms with van der Waals surface area (Å²) in [6, 6.07) is 7.40. The van der Waals surface area contributed by atoms with E-state index >= 15 is 0 Å². The largest absolute Gasteiger partial charge is 0.573 e. The number of benzene rings is 2. The van der Waals surface area contributed by atoms with Crippen molar-refractivity contribution in [2.75, 3.05) is 0 Å². The first-order valence-corrected chi connectivity index (χ1v) is 11.1. The molecule has 0 radical (unpaired) electrons. The minimum Gasteiger partial charge on any atom is -0.406 e. The Labute approximate surface area is 179 Å². The van der Waals surface area contributed by atoms with Gasteiger partial charge in [-0.3, -0.25) is 0 Å². The highest BCUT2D eigenvalue weighted by molar-refractivity contribution is 5.66. The Balaban J connectivity index is 1.50. The number of ether oxygens (including phenoxy) is 1. The van der Waals surface area contributed by atoms with Gasteiger partial charge in [-0.15, -0.1) is 13.2 Å². The van der Waals surface area contributed by atoms with Crippen molar-refractivity contribution in [2.24, 2.45) is 17.8 Å². The number of alkyl halides is 3. The molecule has 2 saturated carbocycles. The third-order valence-electron chi connectivity index (χ3n) is 7.21. The summed E-state index contributed by atoms with van der Waals surface area (Å²) in [6.07, 6.45) is 3.18. The third-order valence-corrected chi connectivity index (χ3v) is 7.21. The molecule has 0 aromatic heterocycles. The Morgan fingerprint density at radius 3 is 2.10 bits per heavy atom. The highest BCUT2D eigenvalue weighted by Crippen LogP contribution is 2.48. The van der Waals surface area contributed by atoms with E-state index in [0.717, 1.165) is 43.2 Å². The van der Waals surface area contributed by atoms with Gasteiger partial charge in [0.15, 0.2) is 0 Å². The van der Waals surface area contributed by atoms with Crippen molar-refractivity contribution in [3.8, 4) is 16.9 Å². The highest BCUT2D eigenvalue weighted by Gasteiger charge is 2.36. The molecule has 0 amide bonds. The summed E-state index contributed by atoms with van der Waals surface area (Å²) in [5.41, 5.74) is 0.643. The van der Waals surface area contributed by atoms with E-state index in [4.69, 9.17) is 0 Å². The van der Waals surface area contributed by atoms with Gasteiger partial charge in [0.05, 0.1) is 5.56 Å². The van der Waals surface area contributed by atoms with E-state index in [0.29, 0.717) is 11.5 Å². The topological polar surface area (TPSA) is 9.23 Å². The molecule has 2 aliphatic carbocycles. The van der Waals surface area contributed by atoms with Crippen LogP contribution in [0.3, 0.4) is 0 Å². The fourth-order valence-corrected chi connectivity index (χ4v) is 5.59. The number of fused-ring (bicyclic) bond motifs is 1. The molecule has 0 saturated heterocycles. The quantitative estimate of drug-likeness (QED) is 0.437. The van der Waals surface area contributed by atoms with Gasteiger partial charge in [-0.2, -0.15) is 0 Å². The van der Waals surface area contributed by atoms with Gasteiger partial charge < -0.3 is 4.74 Å². The molecule has 2 aromatic carbocycles. The van der Waals surface area contributed by atoms with Gasteiger partial charge in [0.2, 0.25) is 0 Å². The smallest absolute Gasteiger partial charge is 0.406 e. The molecule has 31 heavy (non-hydrogen) atoms. The number of rotatable bonds is 4. The molecule has 2 aliphatic rings. The van der Waals surface area contributed by atoms with Gasteiger partial charge in [-0.1, -0.05) is 31.9 Å². The monoisotopic (exact) mass is 438 g/mol. The molecule has 6 heteroatoms. The molecule has 0 aliphatic heterocycles. The first kappa shape index (κ1) is 22.1. The van der Waals surface area contributed by atoms with Crippen LogP contribution in [-0.4, -0.2) is 6.36 Å². The Morgan fingerprint density at radius 2 is 1.48 bits per heavy atom. The lowest BCUT2D eigenvalue weighted by molar-refractivity contribution is -0.274. The molecule has 0 N–H and O–H groups in total. The Kier molecular flexibility index (Phi) is 6.27. The zero-order valence-electron chi connectivity index (χ0n) is 17.5.